The first-order valence-corrected chi connectivity index (χ1v) is 9.20. The van der Waals surface area contributed by atoms with Gasteiger partial charge in [-0.1, -0.05) is 34.1 Å². The Balaban J connectivity index is 1.54. The maximum absolute atomic E-state index is 3.53. The topological polar surface area (TPSA) is 6.48 Å². The van der Waals surface area contributed by atoms with Gasteiger partial charge in [0.1, 0.15) is 0 Å². The van der Waals surface area contributed by atoms with Crippen molar-refractivity contribution in [2.24, 2.45) is 0 Å². The molecule has 19 heavy (non-hydrogen) atoms. The number of hydrogen-bond donors (Lipinski definition) is 0. The van der Waals surface area contributed by atoms with Crippen molar-refractivity contribution in [3.63, 3.8) is 0 Å². The smallest absolute Gasteiger partial charge is 0.0159 e. The van der Waals surface area contributed by atoms with Crippen LogP contribution in [0, 0.1) is 0 Å². The van der Waals surface area contributed by atoms with Gasteiger partial charge in [-0.25, -0.2) is 0 Å². The van der Waals surface area contributed by atoms with Crippen LogP contribution in [0.25, 0.3) is 0 Å². The fourth-order valence-corrected chi connectivity index (χ4v) is 4.75. The first kappa shape index (κ1) is 13.9. The minimum atomic E-state index is 0.740. The predicted octanol–water partition coefficient (Wildman–Crippen LogP) is 2.89. The third kappa shape index (κ3) is 3.35. The summed E-state index contributed by atoms with van der Waals surface area (Å²) in [6.07, 6.45) is 0. The molecule has 1 aromatic rings. The van der Waals surface area contributed by atoms with E-state index >= 15 is 0 Å². The molecule has 1 unspecified atom stereocenters. The van der Waals surface area contributed by atoms with Crippen LogP contribution in [0.2, 0.25) is 0 Å². The number of halogens is 1. The Hall–Kier alpha value is -0.0300. The van der Waals surface area contributed by atoms with Gasteiger partial charge in [0.2, 0.25) is 0 Å². The third-order valence-electron chi connectivity index (χ3n) is 4.14. The number of alkyl halides is 1. The monoisotopic (exact) mass is 340 g/mol. The zero-order chi connectivity index (χ0) is 13.1. The van der Waals surface area contributed by atoms with Crippen LogP contribution in [-0.2, 0) is 0 Å². The van der Waals surface area contributed by atoms with Crippen molar-refractivity contribution >= 4 is 27.7 Å². The maximum Gasteiger partial charge on any atom is 0.0159 e. The summed E-state index contributed by atoms with van der Waals surface area (Å²) in [6, 6.07) is 8.94. The molecule has 1 aromatic carbocycles. The van der Waals surface area contributed by atoms with Crippen molar-refractivity contribution in [1.82, 2.24) is 9.80 Å². The van der Waals surface area contributed by atoms with Crippen molar-refractivity contribution in [1.29, 1.82) is 0 Å². The Labute approximate surface area is 128 Å². The van der Waals surface area contributed by atoms with Gasteiger partial charge in [-0.3, -0.25) is 4.90 Å². The van der Waals surface area contributed by atoms with Crippen molar-refractivity contribution in [2.75, 3.05) is 50.4 Å². The van der Waals surface area contributed by atoms with E-state index in [9.17, 15) is 0 Å². The molecule has 104 valence electrons. The summed E-state index contributed by atoms with van der Waals surface area (Å²) in [5.41, 5.74) is 1.58. The van der Waals surface area contributed by atoms with Crippen LogP contribution in [0.15, 0.2) is 29.2 Å². The molecule has 2 nitrogen and oxygen atoms in total. The number of fused-ring (bicyclic) bond motifs is 1. The van der Waals surface area contributed by atoms with Gasteiger partial charge in [-0.05, 0) is 11.6 Å². The second-order valence-corrected chi connectivity index (χ2v) is 7.23. The summed E-state index contributed by atoms with van der Waals surface area (Å²) in [5.74, 6) is 2.00. The summed E-state index contributed by atoms with van der Waals surface area (Å²) in [7, 11) is 0. The predicted molar refractivity (Wildman–Crippen MR) is 86.6 cm³/mol. The fourth-order valence-electron chi connectivity index (χ4n) is 3.01. The second-order valence-electron chi connectivity index (χ2n) is 5.38. The Kier molecular flexibility index (Phi) is 4.85. The van der Waals surface area contributed by atoms with E-state index in [1.54, 1.807) is 5.56 Å². The minimum absolute atomic E-state index is 0.740. The molecule has 0 saturated carbocycles. The largest absolute Gasteiger partial charge is 0.300 e. The summed E-state index contributed by atoms with van der Waals surface area (Å²) in [4.78, 5) is 6.71. The van der Waals surface area contributed by atoms with Gasteiger partial charge in [0.25, 0.3) is 0 Å². The van der Waals surface area contributed by atoms with Crippen LogP contribution in [0.5, 0.6) is 0 Å². The number of piperazine rings is 1. The summed E-state index contributed by atoms with van der Waals surface area (Å²) < 4.78 is 0. The van der Waals surface area contributed by atoms with Crippen LogP contribution in [0.3, 0.4) is 0 Å². The molecule has 2 aliphatic rings. The first-order valence-electron chi connectivity index (χ1n) is 7.09. The lowest BCUT2D eigenvalue weighted by Gasteiger charge is -2.35. The van der Waals surface area contributed by atoms with E-state index in [-0.39, 0.29) is 0 Å². The van der Waals surface area contributed by atoms with E-state index in [0.29, 0.717) is 0 Å². The van der Waals surface area contributed by atoms with Crippen LogP contribution < -0.4 is 0 Å². The van der Waals surface area contributed by atoms with E-state index in [1.807, 2.05) is 11.8 Å². The van der Waals surface area contributed by atoms with Crippen LogP contribution >= 0.6 is 27.7 Å². The van der Waals surface area contributed by atoms with Gasteiger partial charge in [-0.15, -0.1) is 11.8 Å². The van der Waals surface area contributed by atoms with Crippen molar-refractivity contribution in [3.8, 4) is 0 Å². The minimum Gasteiger partial charge on any atom is -0.300 e. The van der Waals surface area contributed by atoms with Crippen LogP contribution in [-0.4, -0.2) is 60.2 Å². The maximum atomic E-state index is 3.53. The van der Waals surface area contributed by atoms with E-state index in [4.69, 9.17) is 0 Å². The molecule has 2 heterocycles. The normalized spacial score (nSPS) is 24.6. The molecule has 0 spiro atoms. The molecule has 1 fully saturated rings. The third-order valence-corrected chi connectivity index (χ3v) is 5.75. The van der Waals surface area contributed by atoms with Gasteiger partial charge < -0.3 is 4.90 Å². The highest BCUT2D eigenvalue weighted by Crippen LogP contribution is 2.39. The van der Waals surface area contributed by atoms with Crippen molar-refractivity contribution in [3.05, 3.63) is 29.8 Å². The number of hydrogen-bond acceptors (Lipinski definition) is 3. The Morgan fingerprint density at radius 3 is 2.63 bits per heavy atom. The van der Waals surface area contributed by atoms with Gasteiger partial charge in [0.05, 0.1) is 0 Å². The number of thioether (sulfide) groups is 1. The Morgan fingerprint density at radius 2 is 1.84 bits per heavy atom. The average molecular weight is 341 g/mol. The van der Waals surface area contributed by atoms with Gasteiger partial charge in [-0.2, -0.15) is 0 Å². The molecule has 1 saturated heterocycles. The summed E-state index contributed by atoms with van der Waals surface area (Å²) in [6.45, 7) is 7.36. The lowest BCUT2D eigenvalue weighted by atomic mass is 10.0. The highest BCUT2D eigenvalue weighted by molar-refractivity contribution is 9.09. The molecule has 0 N–H and O–H groups in total. The molecule has 0 amide bonds. The SMILES string of the molecule is BrCCN1CCN(CC2CSc3ccccc32)CC1. The summed E-state index contributed by atoms with van der Waals surface area (Å²) >= 11 is 5.56. The van der Waals surface area contributed by atoms with Crippen molar-refractivity contribution < 1.29 is 0 Å². The number of benzene rings is 1. The molecule has 0 bridgehead atoms. The molecule has 0 aliphatic carbocycles. The molecule has 0 radical (unpaired) electrons. The van der Waals surface area contributed by atoms with E-state index in [2.05, 4.69) is 50.0 Å². The lowest BCUT2D eigenvalue weighted by molar-refractivity contribution is 0.134. The molecule has 1 atom stereocenters. The zero-order valence-electron chi connectivity index (χ0n) is 11.2. The van der Waals surface area contributed by atoms with Crippen molar-refractivity contribution in [2.45, 2.75) is 10.8 Å². The molecular formula is C15H21BrN2S. The van der Waals surface area contributed by atoms with Crippen LogP contribution in [0.1, 0.15) is 11.5 Å². The fraction of sp³-hybridized carbons (Fsp3) is 0.600. The van der Waals surface area contributed by atoms with Gasteiger partial charge in [0.15, 0.2) is 0 Å². The van der Waals surface area contributed by atoms with E-state index in [1.165, 1.54) is 49.9 Å². The number of rotatable bonds is 4. The Bertz CT molecular complexity index is 418. The highest BCUT2D eigenvalue weighted by Gasteiger charge is 2.26. The molecule has 4 heteroatoms. The quantitative estimate of drug-likeness (QED) is 0.778. The number of nitrogens with zero attached hydrogens (tertiary/aromatic N) is 2. The molecular weight excluding hydrogens is 320 g/mol. The van der Waals surface area contributed by atoms with E-state index in [0.717, 1.165) is 11.2 Å². The second kappa shape index (κ2) is 6.61. The average Bonchev–Trinajstić information content (AvgIpc) is 2.85. The van der Waals surface area contributed by atoms with Crippen LogP contribution in [0.4, 0.5) is 0 Å². The Morgan fingerprint density at radius 1 is 1.11 bits per heavy atom. The van der Waals surface area contributed by atoms with Gasteiger partial charge >= 0.3 is 0 Å². The molecule has 0 aromatic heterocycles. The van der Waals surface area contributed by atoms with E-state index < -0.39 is 0 Å². The standard InChI is InChI=1S/C15H21BrN2S/c16-5-6-17-7-9-18(10-8-17)11-13-12-19-15-4-2-1-3-14(13)15/h1-4,13H,5-12H2. The first-order chi connectivity index (χ1) is 9.36. The molecule has 3 rings (SSSR count). The lowest BCUT2D eigenvalue weighted by Crippen LogP contribution is -2.47. The zero-order valence-corrected chi connectivity index (χ0v) is 13.6. The highest BCUT2D eigenvalue weighted by atomic mass is 79.9. The summed E-state index contributed by atoms with van der Waals surface area (Å²) in [5, 5.41) is 1.10. The van der Waals surface area contributed by atoms with Gasteiger partial charge in [0, 0.05) is 61.2 Å². The molecule has 2 aliphatic heterocycles.